The molecule has 108 valence electrons. The second-order valence-electron chi connectivity index (χ2n) is 5.39. The third kappa shape index (κ3) is 4.70. The molecule has 0 aliphatic heterocycles. The van der Waals surface area contributed by atoms with Gasteiger partial charge in [0.25, 0.3) is 0 Å². The smallest absolute Gasteiger partial charge is 0.0426 e. The van der Waals surface area contributed by atoms with Crippen molar-refractivity contribution in [1.82, 2.24) is 0 Å². The molecule has 1 rings (SSSR count). The summed E-state index contributed by atoms with van der Waals surface area (Å²) in [5.41, 5.74) is 8.61. The highest BCUT2D eigenvalue weighted by molar-refractivity contribution is 6.30. The first-order chi connectivity index (χ1) is 8.99. The van der Waals surface area contributed by atoms with Gasteiger partial charge in [0.1, 0.15) is 0 Å². The molecule has 0 saturated heterocycles. The molecule has 0 amide bonds. The van der Waals surface area contributed by atoms with Crippen molar-refractivity contribution in [3.63, 3.8) is 0 Å². The predicted molar refractivity (Wildman–Crippen MR) is 86.2 cm³/mol. The number of hydrogen-bond donors (Lipinski definition) is 1. The van der Waals surface area contributed by atoms with Crippen molar-refractivity contribution in [3.05, 3.63) is 28.8 Å². The van der Waals surface area contributed by atoms with Crippen molar-refractivity contribution >= 4 is 17.3 Å². The summed E-state index contributed by atoms with van der Waals surface area (Å²) in [4.78, 5) is 2.33. The molecule has 0 saturated carbocycles. The fourth-order valence-electron chi connectivity index (χ4n) is 2.31. The van der Waals surface area contributed by atoms with E-state index in [0.717, 1.165) is 17.9 Å². The maximum atomic E-state index is 6.16. The maximum absolute atomic E-state index is 6.16. The minimum Gasteiger partial charge on any atom is -0.372 e. The summed E-state index contributed by atoms with van der Waals surface area (Å²) in [6.45, 7) is 6.60. The average molecular weight is 283 g/mol. The van der Waals surface area contributed by atoms with Gasteiger partial charge in [0.05, 0.1) is 0 Å². The number of benzene rings is 1. The zero-order chi connectivity index (χ0) is 14.4. The van der Waals surface area contributed by atoms with Gasteiger partial charge >= 0.3 is 0 Å². The summed E-state index contributed by atoms with van der Waals surface area (Å²) in [5.74, 6) is 0. The van der Waals surface area contributed by atoms with Crippen molar-refractivity contribution in [3.8, 4) is 0 Å². The second-order valence-corrected chi connectivity index (χ2v) is 5.83. The van der Waals surface area contributed by atoms with E-state index in [2.05, 4.69) is 44.9 Å². The number of hydrogen-bond acceptors (Lipinski definition) is 2. The Morgan fingerprint density at radius 2 is 2.00 bits per heavy atom. The van der Waals surface area contributed by atoms with Gasteiger partial charge in [-0.3, -0.25) is 0 Å². The summed E-state index contributed by atoms with van der Waals surface area (Å²) in [7, 11) is 2.15. The van der Waals surface area contributed by atoms with E-state index in [0.29, 0.717) is 6.04 Å². The van der Waals surface area contributed by atoms with Crippen LogP contribution in [0.2, 0.25) is 5.02 Å². The third-order valence-electron chi connectivity index (χ3n) is 3.80. The van der Waals surface area contributed by atoms with E-state index in [-0.39, 0.29) is 6.04 Å². The van der Waals surface area contributed by atoms with Gasteiger partial charge in [-0.25, -0.2) is 0 Å². The lowest BCUT2D eigenvalue weighted by atomic mass is 10.0. The molecule has 2 atom stereocenters. The molecule has 0 heterocycles. The Balaban J connectivity index is 2.99. The normalized spacial score (nSPS) is 14.2. The molecule has 2 nitrogen and oxygen atoms in total. The lowest BCUT2D eigenvalue weighted by Crippen LogP contribution is -2.30. The van der Waals surface area contributed by atoms with E-state index in [4.69, 9.17) is 17.3 Å². The quantitative estimate of drug-likeness (QED) is 0.810. The third-order valence-corrected chi connectivity index (χ3v) is 4.04. The molecular formula is C16H27ClN2. The van der Waals surface area contributed by atoms with Crippen LogP contribution < -0.4 is 10.6 Å². The highest BCUT2D eigenvalue weighted by atomic mass is 35.5. The fraction of sp³-hybridized carbons (Fsp3) is 0.625. The van der Waals surface area contributed by atoms with E-state index in [1.54, 1.807) is 0 Å². The molecule has 19 heavy (non-hydrogen) atoms. The van der Waals surface area contributed by atoms with Crippen LogP contribution in [0.4, 0.5) is 5.69 Å². The lowest BCUT2D eigenvalue weighted by molar-refractivity contribution is 0.607. The van der Waals surface area contributed by atoms with Gasteiger partial charge in [-0.05, 0) is 43.9 Å². The molecule has 0 aliphatic carbocycles. The minimum absolute atomic E-state index is 0.217. The van der Waals surface area contributed by atoms with Crippen LogP contribution in [-0.4, -0.2) is 19.1 Å². The first kappa shape index (κ1) is 16.3. The lowest BCUT2D eigenvalue weighted by Gasteiger charge is -2.29. The van der Waals surface area contributed by atoms with Crippen LogP contribution in [0.25, 0.3) is 0 Å². The van der Waals surface area contributed by atoms with Crippen LogP contribution in [0.15, 0.2) is 18.2 Å². The molecule has 2 unspecified atom stereocenters. The Hall–Kier alpha value is -0.730. The summed E-state index contributed by atoms with van der Waals surface area (Å²) < 4.78 is 0. The molecule has 1 aromatic rings. The summed E-state index contributed by atoms with van der Waals surface area (Å²) >= 11 is 6.16. The van der Waals surface area contributed by atoms with Gasteiger partial charge in [-0.2, -0.15) is 0 Å². The zero-order valence-corrected chi connectivity index (χ0v) is 13.4. The minimum atomic E-state index is 0.217. The highest BCUT2D eigenvalue weighted by Crippen LogP contribution is 2.27. The Morgan fingerprint density at radius 3 is 2.58 bits per heavy atom. The van der Waals surface area contributed by atoms with Crippen LogP contribution in [0.3, 0.4) is 0 Å². The van der Waals surface area contributed by atoms with Crippen LogP contribution in [0.5, 0.6) is 0 Å². The highest BCUT2D eigenvalue weighted by Gasteiger charge is 2.15. The van der Waals surface area contributed by atoms with Gasteiger partial charge < -0.3 is 10.6 Å². The topological polar surface area (TPSA) is 29.3 Å². The molecule has 1 aromatic carbocycles. The first-order valence-corrected chi connectivity index (χ1v) is 7.64. The first-order valence-electron chi connectivity index (χ1n) is 7.26. The van der Waals surface area contributed by atoms with E-state index in [1.165, 1.54) is 24.1 Å². The Kier molecular flexibility index (Phi) is 6.67. The number of halogens is 1. The molecule has 2 N–H and O–H groups in total. The summed E-state index contributed by atoms with van der Waals surface area (Å²) in [6, 6.07) is 6.87. The van der Waals surface area contributed by atoms with Crippen molar-refractivity contribution in [1.29, 1.82) is 0 Å². The number of nitrogens with two attached hydrogens (primary N) is 1. The van der Waals surface area contributed by atoms with Crippen molar-refractivity contribution in [2.45, 2.75) is 58.5 Å². The van der Waals surface area contributed by atoms with Gasteiger partial charge in [0.2, 0.25) is 0 Å². The molecule has 0 aromatic heterocycles. The van der Waals surface area contributed by atoms with E-state index in [1.807, 2.05) is 6.07 Å². The van der Waals surface area contributed by atoms with E-state index < -0.39 is 0 Å². The Morgan fingerprint density at radius 1 is 1.32 bits per heavy atom. The van der Waals surface area contributed by atoms with Crippen LogP contribution >= 0.6 is 11.6 Å². The Labute approximate surface area is 122 Å². The number of rotatable bonds is 7. The van der Waals surface area contributed by atoms with Gasteiger partial charge in [0.15, 0.2) is 0 Å². The van der Waals surface area contributed by atoms with Crippen molar-refractivity contribution < 1.29 is 0 Å². The van der Waals surface area contributed by atoms with Crippen LogP contribution in [0.1, 0.15) is 45.6 Å². The van der Waals surface area contributed by atoms with E-state index in [9.17, 15) is 0 Å². The second kappa shape index (κ2) is 7.76. The maximum Gasteiger partial charge on any atom is 0.0426 e. The number of nitrogens with zero attached hydrogens (tertiary/aromatic N) is 1. The van der Waals surface area contributed by atoms with Crippen molar-refractivity contribution in [2.75, 3.05) is 11.9 Å². The van der Waals surface area contributed by atoms with Crippen molar-refractivity contribution in [2.24, 2.45) is 5.73 Å². The molecule has 0 bridgehead atoms. The monoisotopic (exact) mass is 282 g/mol. The molecular weight excluding hydrogens is 256 g/mol. The van der Waals surface area contributed by atoms with Crippen LogP contribution in [-0.2, 0) is 6.42 Å². The molecule has 3 heteroatoms. The van der Waals surface area contributed by atoms with Gasteiger partial charge in [-0.15, -0.1) is 0 Å². The zero-order valence-electron chi connectivity index (χ0n) is 12.6. The predicted octanol–water partition coefficient (Wildman–Crippen LogP) is 4.24. The molecule has 0 fully saturated rings. The largest absolute Gasteiger partial charge is 0.372 e. The average Bonchev–Trinajstić information content (AvgIpc) is 2.40. The fourth-order valence-corrected chi connectivity index (χ4v) is 2.48. The SMILES string of the molecule is CCCC(C)N(C)c1cc(Cl)ccc1CC(N)CC. The van der Waals surface area contributed by atoms with Gasteiger partial charge in [0, 0.05) is 29.8 Å². The Bertz CT molecular complexity index is 392. The molecule has 0 spiro atoms. The molecule has 0 radical (unpaired) electrons. The van der Waals surface area contributed by atoms with Gasteiger partial charge in [-0.1, -0.05) is 37.9 Å². The van der Waals surface area contributed by atoms with Crippen LogP contribution in [0, 0.1) is 0 Å². The summed E-state index contributed by atoms with van der Waals surface area (Å²) in [6.07, 6.45) is 4.28. The van der Waals surface area contributed by atoms with E-state index >= 15 is 0 Å². The summed E-state index contributed by atoms with van der Waals surface area (Å²) in [5, 5.41) is 0.791. The number of anilines is 1. The standard InChI is InChI=1S/C16H27ClN2/c1-5-7-12(3)19(4)16-11-14(17)9-8-13(16)10-15(18)6-2/h8-9,11-12,15H,5-7,10,18H2,1-4H3. The molecule has 0 aliphatic rings.